The zero-order chi connectivity index (χ0) is 12.2. The van der Waals surface area contributed by atoms with Gasteiger partial charge in [0.05, 0.1) is 24.4 Å². The molecule has 0 radical (unpaired) electrons. The Morgan fingerprint density at radius 1 is 1.50 bits per heavy atom. The topological polar surface area (TPSA) is 80.4 Å². The largest absolute Gasteiger partial charge is 0.476 e. The molecule has 0 amide bonds. The van der Waals surface area contributed by atoms with Gasteiger partial charge in [0.25, 0.3) is 0 Å². The van der Waals surface area contributed by atoms with Gasteiger partial charge in [-0.2, -0.15) is 4.98 Å². The second kappa shape index (κ2) is 5.03. The number of rotatable bonds is 5. The number of pyridine rings is 1. The van der Waals surface area contributed by atoms with Gasteiger partial charge in [0.2, 0.25) is 5.88 Å². The van der Waals surface area contributed by atoms with Crippen LogP contribution in [-0.2, 0) is 0 Å². The van der Waals surface area contributed by atoms with Crippen molar-refractivity contribution in [3.05, 3.63) is 12.1 Å². The summed E-state index contributed by atoms with van der Waals surface area (Å²) >= 11 is 0. The molecule has 0 aliphatic heterocycles. The number of anilines is 2. The number of hydrogen-bond donors (Lipinski definition) is 3. The van der Waals surface area contributed by atoms with Crippen molar-refractivity contribution in [2.75, 3.05) is 24.3 Å². The number of hydrogen-bond acceptors (Lipinski definition) is 5. The van der Waals surface area contributed by atoms with E-state index < -0.39 is 5.54 Å². The van der Waals surface area contributed by atoms with Crippen LogP contribution >= 0.6 is 0 Å². The van der Waals surface area contributed by atoms with E-state index in [0.29, 0.717) is 24.0 Å². The molecule has 0 bridgehead atoms. The monoisotopic (exact) mass is 225 g/mol. The minimum absolute atomic E-state index is 0.0169. The Bertz CT molecular complexity index is 353. The first-order valence-corrected chi connectivity index (χ1v) is 5.27. The molecule has 16 heavy (non-hydrogen) atoms. The summed E-state index contributed by atoms with van der Waals surface area (Å²) in [4.78, 5) is 4.23. The first-order chi connectivity index (χ1) is 7.48. The summed E-state index contributed by atoms with van der Waals surface area (Å²) in [5, 5.41) is 12.2. The lowest BCUT2D eigenvalue weighted by Gasteiger charge is -2.24. The third kappa shape index (κ3) is 3.27. The molecule has 1 aromatic rings. The van der Waals surface area contributed by atoms with Gasteiger partial charge in [0.1, 0.15) is 5.82 Å². The van der Waals surface area contributed by atoms with E-state index in [1.165, 1.54) is 0 Å². The van der Waals surface area contributed by atoms with Crippen LogP contribution in [0.2, 0.25) is 0 Å². The third-order valence-corrected chi connectivity index (χ3v) is 2.03. The van der Waals surface area contributed by atoms with Crippen LogP contribution < -0.4 is 15.8 Å². The average molecular weight is 225 g/mol. The number of aliphatic hydroxyl groups is 1. The fourth-order valence-electron chi connectivity index (χ4n) is 1.16. The van der Waals surface area contributed by atoms with Crippen molar-refractivity contribution in [1.82, 2.24) is 4.98 Å². The van der Waals surface area contributed by atoms with E-state index in [-0.39, 0.29) is 6.61 Å². The number of aromatic nitrogens is 1. The smallest absolute Gasteiger partial charge is 0.239 e. The molecule has 0 aliphatic rings. The summed E-state index contributed by atoms with van der Waals surface area (Å²) in [5.41, 5.74) is 5.79. The quantitative estimate of drug-likeness (QED) is 0.702. The van der Waals surface area contributed by atoms with Crippen LogP contribution in [0.4, 0.5) is 11.5 Å². The Kier molecular flexibility index (Phi) is 3.95. The number of nitrogens with two attached hydrogens (primary N) is 1. The number of nitrogens with zero attached hydrogens (tertiary/aromatic N) is 1. The summed E-state index contributed by atoms with van der Waals surface area (Å²) in [5.74, 6) is 1.05. The molecular weight excluding hydrogens is 206 g/mol. The number of ether oxygens (including phenoxy) is 1. The Morgan fingerprint density at radius 2 is 2.19 bits per heavy atom. The summed E-state index contributed by atoms with van der Waals surface area (Å²) in [6, 6.07) is 3.49. The van der Waals surface area contributed by atoms with Crippen LogP contribution in [0.15, 0.2) is 12.1 Å². The van der Waals surface area contributed by atoms with E-state index in [9.17, 15) is 0 Å². The summed E-state index contributed by atoms with van der Waals surface area (Å²) in [6.07, 6.45) is 0. The predicted molar refractivity (Wildman–Crippen MR) is 64.6 cm³/mol. The number of nitrogen functional groups attached to an aromatic ring is 1. The molecular formula is C11H19N3O2. The van der Waals surface area contributed by atoms with Gasteiger partial charge < -0.3 is 20.9 Å². The lowest BCUT2D eigenvalue weighted by Crippen LogP contribution is -2.35. The Balaban J connectivity index is 2.86. The zero-order valence-electron chi connectivity index (χ0n) is 9.95. The molecule has 0 spiro atoms. The molecule has 5 heteroatoms. The second-order valence-corrected chi connectivity index (χ2v) is 4.19. The SMILES string of the molecule is CCOc1nc(NC(C)(C)CO)ccc1N. The molecule has 90 valence electrons. The highest BCUT2D eigenvalue weighted by molar-refractivity contribution is 5.54. The Hall–Kier alpha value is -1.49. The molecule has 4 N–H and O–H groups in total. The van der Waals surface area contributed by atoms with Crippen molar-refractivity contribution in [3.63, 3.8) is 0 Å². The molecule has 0 aliphatic carbocycles. The highest BCUT2D eigenvalue weighted by Crippen LogP contribution is 2.22. The van der Waals surface area contributed by atoms with Crippen LogP contribution in [0.3, 0.4) is 0 Å². The van der Waals surface area contributed by atoms with Gasteiger partial charge in [-0.15, -0.1) is 0 Å². The molecule has 5 nitrogen and oxygen atoms in total. The number of aliphatic hydroxyl groups excluding tert-OH is 1. The van der Waals surface area contributed by atoms with Gasteiger partial charge in [0, 0.05) is 0 Å². The lowest BCUT2D eigenvalue weighted by molar-refractivity contribution is 0.233. The van der Waals surface area contributed by atoms with Crippen LogP contribution in [0.25, 0.3) is 0 Å². The summed E-state index contributed by atoms with van der Waals surface area (Å²) < 4.78 is 5.29. The molecule has 0 aromatic carbocycles. The van der Waals surface area contributed by atoms with E-state index in [4.69, 9.17) is 15.6 Å². The highest BCUT2D eigenvalue weighted by atomic mass is 16.5. The van der Waals surface area contributed by atoms with Crippen molar-refractivity contribution in [1.29, 1.82) is 0 Å². The van der Waals surface area contributed by atoms with Crippen molar-refractivity contribution in [2.45, 2.75) is 26.3 Å². The van der Waals surface area contributed by atoms with E-state index in [1.54, 1.807) is 12.1 Å². The average Bonchev–Trinajstić information content (AvgIpc) is 2.23. The Labute approximate surface area is 95.6 Å². The van der Waals surface area contributed by atoms with Crippen LogP contribution in [0, 0.1) is 0 Å². The molecule has 1 rings (SSSR count). The number of nitrogens with one attached hydrogen (secondary N) is 1. The van der Waals surface area contributed by atoms with E-state index >= 15 is 0 Å². The van der Waals surface area contributed by atoms with Crippen LogP contribution in [0.1, 0.15) is 20.8 Å². The standard InChI is InChI=1S/C11H19N3O2/c1-4-16-10-8(12)5-6-9(13-10)14-11(2,3)7-15/h5-6,15H,4,7,12H2,1-3H3,(H,13,14). The van der Waals surface area contributed by atoms with Crippen LogP contribution in [0.5, 0.6) is 5.88 Å². The zero-order valence-corrected chi connectivity index (χ0v) is 9.95. The maximum atomic E-state index is 9.14. The Morgan fingerprint density at radius 3 is 2.75 bits per heavy atom. The lowest BCUT2D eigenvalue weighted by atomic mass is 10.1. The second-order valence-electron chi connectivity index (χ2n) is 4.19. The van der Waals surface area contributed by atoms with Crippen molar-refractivity contribution in [2.24, 2.45) is 0 Å². The predicted octanol–water partition coefficient (Wildman–Crippen LogP) is 1.25. The molecule has 0 atom stereocenters. The normalized spacial score (nSPS) is 11.2. The highest BCUT2D eigenvalue weighted by Gasteiger charge is 2.16. The van der Waals surface area contributed by atoms with Gasteiger partial charge in [-0.05, 0) is 32.9 Å². The molecule has 0 unspecified atom stereocenters. The minimum atomic E-state index is -0.424. The summed E-state index contributed by atoms with van der Waals surface area (Å²) in [6.45, 7) is 6.17. The van der Waals surface area contributed by atoms with Gasteiger partial charge in [-0.1, -0.05) is 0 Å². The van der Waals surface area contributed by atoms with Crippen molar-refractivity contribution in [3.8, 4) is 5.88 Å². The van der Waals surface area contributed by atoms with Crippen molar-refractivity contribution >= 4 is 11.5 Å². The molecule has 1 heterocycles. The van der Waals surface area contributed by atoms with Gasteiger partial charge in [-0.3, -0.25) is 0 Å². The first-order valence-electron chi connectivity index (χ1n) is 5.27. The van der Waals surface area contributed by atoms with E-state index in [0.717, 1.165) is 0 Å². The molecule has 0 saturated heterocycles. The molecule has 0 saturated carbocycles. The van der Waals surface area contributed by atoms with E-state index in [2.05, 4.69) is 10.3 Å². The fraction of sp³-hybridized carbons (Fsp3) is 0.545. The maximum absolute atomic E-state index is 9.14. The van der Waals surface area contributed by atoms with Gasteiger partial charge in [-0.25, -0.2) is 0 Å². The summed E-state index contributed by atoms with van der Waals surface area (Å²) in [7, 11) is 0. The molecule has 1 aromatic heterocycles. The maximum Gasteiger partial charge on any atom is 0.239 e. The molecule has 0 fully saturated rings. The van der Waals surface area contributed by atoms with Crippen LogP contribution in [-0.4, -0.2) is 28.8 Å². The fourth-order valence-corrected chi connectivity index (χ4v) is 1.16. The minimum Gasteiger partial charge on any atom is -0.476 e. The first kappa shape index (κ1) is 12.6. The van der Waals surface area contributed by atoms with Gasteiger partial charge >= 0.3 is 0 Å². The van der Waals surface area contributed by atoms with Crippen molar-refractivity contribution < 1.29 is 9.84 Å². The van der Waals surface area contributed by atoms with E-state index in [1.807, 2.05) is 20.8 Å². The van der Waals surface area contributed by atoms with Gasteiger partial charge in [0.15, 0.2) is 0 Å². The third-order valence-electron chi connectivity index (χ3n) is 2.03.